The number of nitrogens with zero attached hydrogens (tertiary/aromatic N) is 2. The van der Waals surface area contributed by atoms with E-state index < -0.39 is 16.5 Å². The number of benzene rings is 2. The predicted octanol–water partition coefficient (Wildman–Crippen LogP) is 4.22. The number of carbonyl (C=O) groups is 1. The van der Waals surface area contributed by atoms with Gasteiger partial charge in [0.25, 0.3) is 11.6 Å². The summed E-state index contributed by atoms with van der Waals surface area (Å²) in [5.41, 5.74) is -0.579. The summed E-state index contributed by atoms with van der Waals surface area (Å²) in [6.45, 7) is 0.530. The third-order valence-electron chi connectivity index (χ3n) is 3.76. The number of ether oxygens (including phenoxy) is 2. The van der Waals surface area contributed by atoms with Gasteiger partial charge in [-0.05, 0) is 18.2 Å². The van der Waals surface area contributed by atoms with E-state index in [1.807, 2.05) is 0 Å². The second kappa shape index (κ2) is 8.17. The number of hydrogen-bond donors (Lipinski definition) is 1. The van der Waals surface area contributed by atoms with Crippen LogP contribution in [0.25, 0.3) is 6.08 Å². The Balaban J connectivity index is 1.96. The summed E-state index contributed by atoms with van der Waals surface area (Å²) in [4.78, 5) is 23.2. The fourth-order valence-corrected chi connectivity index (χ4v) is 2.97. The molecule has 2 aromatic carbocycles. The molecule has 1 heterocycles. The SMILES string of the molecule is N#C/C(=C\c1c(Cl)cccc1Cl)C(=O)Nc1cc2c(cc1[N+](=O)[O-])OCCO2. The zero-order valence-corrected chi connectivity index (χ0v) is 15.6. The Morgan fingerprint density at radius 3 is 2.39 bits per heavy atom. The van der Waals surface area contributed by atoms with Crippen molar-refractivity contribution in [2.24, 2.45) is 0 Å². The number of nitro groups is 1. The number of nitriles is 1. The normalized spacial score (nSPS) is 12.8. The molecule has 1 aliphatic rings. The molecule has 2 aromatic rings. The number of rotatable bonds is 4. The topological polar surface area (TPSA) is 114 Å². The Morgan fingerprint density at radius 1 is 1.21 bits per heavy atom. The monoisotopic (exact) mass is 419 g/mol. The van der Waals surface area contributed by atoms with Gasteiger partial charge in [-0.1, -0.05) is 29.3 Å². The van der Waals surface area contributed by atoms with Crippen molar-refractivity contribution in [2.75, 3.05) is 18.5 Å². The second-order valence-electron chi connectivity index (χ2n) is 5.53. The van der Waals surface area contributed by atoms with Gasteiger partial charge >= 0.3 is 0 Å². The van der Waals surface area contributed by atoms with Gasteiger partial charge in [0.2, 0.25) is 0 Å². The Labute approximate surface area is 169 Å². The van der Waals surface area contributed by atoms with Gasteiger partial charge in [-0.3, -0.25) is 14.9 Å². The van der Waals surface area contributed by atoms with E-state index in [0.717, 1.165) is 6.07 Å². The molecule has 142 valence electrons. The van der Waals surface area contributed by atoms with Crippen LogP contribution in [-0.2, 0) is 4.79 Å². The minimum absolute atomic E-state index is 0.134. The zero-order valence-electron chi connectivity index (χ0n) is 14.1. The van der Waals surface area contributed by atoms with E-state index >= 15 is 0 Å². The largest absolute Gasteiger partial charge is 0.486 e. The summed E-state index contributed by atoms with van der Waals surface area (Å²) in [6.07, 6.45) is 1.21. The highest BCUT2D eigenvalue weighted by Gasteiger charge is 2.24. The number of carbonyl (C=O) groups excluding carboxylic acids is 1. The number of anilines is 1. The van der Waals surface area contributed by atoms with Crippen LogP contribution in [0.2, 0.25) is 10.0 Å². The number of hydrogen-bond acceptors (Lipinski definition) is 6. The van der Waals surface area contributed by atoms with Crippen LogP contribution in [0, 0.1) is 21.4 Å². The molecule has 0 fully saturated rings. The van der Waals surface area contributed by atoms with Crippen LogP contribution in [0.4, 0.5) is 11.4 Å². The summed E-state index contributed by atoms with van der Waals surface area (Å²) < 4.78 is 10.7. The third-order valence-corrected chi connectivity index (χ3v) is 4.42. The number of fused-ring (bicyclic) bond motifs is 1. The van der Waals surface area contributed by atoms with Gasteiger partial charge in [0, 0.05) is 21.7 Å². The molecule has 1 amide bonds. The van der Waals surface area contributed by atoms with Crippen molar-refractivity contribution in [3.63, 3.8) is 0 Å². The average molecular weight is 420 g/mol. The molecule has 0 unspecified atom stereocenters. The lowest BCUT2D eigenvalue weighted by Crippen LogP contribution is -2.18. The van der Waals surface area contributed by atoms with Crippen molar-refractivity contribution in [3.8, 4) is 17.6 Å². The Bertz CT molecular complexity index is 1030. The summed E-state index contributed by atoms with van der Waals surface area (Å²) in [6, 6.07) is 8.90. The molecule has 0 atom stereocenters. The molecule has 0 saturated carbocycles. The zero-order chi connectivity index (χ0) is 20.3. The van der Waals surface area contributed by atoms with E-state index in [-0.39, 0.29) is 51.6 Å². The summed E-state index contributed by atoms with van der Waals surface area (Å²) in [7, 11) is 0. The number of nitro benzene ring substituents is 1. The quantitative estimate of drug-likeness (QED) is 0.343. The standard InChI is InChI=1S/C18H11Cl2N3O5/c19-12-2-1-3-13(20)11(12)6-10(9-21)18(24)22-14-7-16-17(28-5-4-27-16)8-15(14)23(25)26/h1-3,6-8H,4-5H2,(H,22,24)/b10-6+. The Morgan fingerprint density at radius 2 is 1.82 bits per heavy atom. The van der Waals surface area contributed by atoms with Crippen LogP contribution < -0.4 is 14.8 Å². The highest BCUT2D eigenvalue weighted by Crippen LogP contribution is 2.39. The van der Waals surface area contributed by atoms with Gasteiger partial charge in [-0.25, -0.2) is 0 Å². The molecule has 0 aliphatic carbocycles. The van der Waals surface area contributed by atoms with Gasteiger partial charge in [0.15, 0.2) is 11.5 Å². The molecule has 10 heteroatoms. The van der Waals surface area contributed by atoms with Crippen molar-refractivity contribution in [3.05, 3.63) is 61.6 Å². The summed E-state index contributed by atoms with van der Waals surface area (Å²) in [5, 5.41) is 23.6. The van der Waals surface area contributed by atoms with Crippen molar-refractivity contribution < 1.29 is 19.2 Å². The fraction of sp³-hybridized carbons (Fsp3) is 0.111. The second-order valence-corrected chi connectivity index (χ2v) is 6.34. The molecular formula is C18H11Cl2N3O5. The maximum atomic E-state index is 12.5. The number of halogens is 2. The molecule has 8 nitrogen and oxygen atoms in total. The molecule has 28 heavy (non-hydrogen) atoms. The average Bonchev–Trinajstić information content (AvgIpc) is 2.67. The van der Waals surface area contributed by atoms with Crippen LogP contribution in [0.15, 0.2) is 35.9 Å². The van der Waals surface area contributed by atoms with Crippen LogP contribution >= 0.6 is 23.2 Å². The van der Waals surface area contributed by atoms with Gasteiger partial charge in [0.1, 0.15) is 30.5 Å². The van der Waals surface area contributed by atoms with Gasteiger partial charge in [-0.2, -0.15) is 5.26 Å². The first kappa shape index (κ1) is 19.5. The van der Waals surface area contributed by atoms with Crippen molar-refractivity contribution in [1.29, 1.82) is 5.26 Å². The van der Waals surface area contributed by atoms with Crippen LogP contribution in [0.5, 0.6) is 11.5 Å². The van der Waals surface area contributed by atoms with Crippen LogP contribution in [0.1, 0.15) is 5.56 Å². The van der Waals surface area contributed by atoms with E-state index in [1.54, 1.807) is 24.3 Å². The summed E-state index contributed by atoms with van der Waals surface area (Å²) in [5.74, 6) is -0.406. The maximum absolute atomic E-state index is 12.5. The van der Waals surface area contributed by atoms with Gasteiger partial charge in [-0.15, -0.1) is 0 Å². The number of amides is 1. The van der Waals surface area contributed by atoms with E-state index in [1.165, 1.54) is 12.1 Å². The molecule has 0 aromatic heterocycles. The lowest BCUT2D eigenvalue weighted by molar-refractivity contribution is -0.384. The molecule has 0 bridgehead atoms. The first-order chi connectivity index (χ1) is 13.4. The van der Waals surface area contributed by atoms with E-state index in [4.69, 9.17) is 32.7 Å². The van der Waals surface area contributed by atoms with E-state index in [9.17, 15) is 20.2 Å². The minimum atomic E-state index is -0.863. The first-order valence-corrected chi connectivity index (χ1v) is 8.61. The predicted molar refractivity (Wildman–Crippen MR) is 103 cm³/mol. The highest BCUT2D eigenvalue weighted by molar-refractivity contribution is 6.37. The Kier molecular flexibility index (Phi) is 5.68. The minimum Gasteiger partial charge on any atom is -0.486 e. The third kappa shape index (κ3) is 4.01. The molecule has 0 spiro atoms. The molecular weight excluding hydrogens is 409 g/mol. The molecule has 0 saturated heterocycles. The lowest BCUT2D eigenvalue weighted by Gasteiger charge is -2.19. The van der Waals surface area contributed by atoms with Crippen molar-refractivity contribution in [1.82, 2.24) is 0 Å². The van der Waals surface area contributed by atoms with Crippen molar-refractivity contribution >= 4 is 46.6 Å². The maximum Gasteiger partial charge on any atom is 0.296 e. The lowest BCUT2D eigenvalue weighted by atomic mass is 10.1. The van der Waals surface area contributed by atoms with Crippen molar-refractivity contribution in [2.45, 2.75) is 0 Å². The van der Waals surface area contributed by atoms with Crippen LogP contribution in [-0.4, -0.2) is 24.0 Å². The van der Waals surface area contributed by atoms with Gasteiger partial charge in [0.05, 0.1) is 11.0 Å². The Hall–Kier alpha value is -3.28. The van der Waals surface area contributed by atoms with E-state index in [0.29, 0.717) is 0 Å². The molecule has 1 N–H and O–H groups in total. The van der Waals surface area contributed by atoms with E-state index in [2.05, 4.69) is 5.32 Å². The molecule has 3 rings (SSSR count). The molecule has 1 aliphatic heterocycles. The summed E-state index contributed by atoms with van der Waals surface area (Å²) >= 11 is 12.1. The number of nitrogens with one attached hydrogen (secondary N) is 1. The smallest absolute Gasteiger partial charge is 0.296 e. The molecule has 0 radical (unpaired) electrons. The van der Waals surface area contributed by atoms with Crippen LogP contribution in [0.3, 0.4) is 0 Å². The van der Waals surface area contributed by atoms with Gasteiger partial charge < -0.3 is 14.8 Å². The first-order valence-electron chi connectivity index (χ1n) is 7.86. The highest BCUT2D eigenvalue weighted by atomic mass is 35.5. The fourth-order valence-electron chi connectivity index (χ4n) is 2.46.